The summed E-state index contributed by atoms with van der Waals surface area (Å²) in [6.45, 7) is 4.49. The zero-order chi connectivity index (χ0) is 14.8. The van der Waals surface area contributed by atoms with Gasteiger partial charge in [0.25, 0.3) is 0 Å². The second kappa shape index (κ2) is 6.22. The molecule has 0 amide bonds. The molecular weight excluding hydrogens is 289 g/mol. The Kier molecular flexibility index (Phi) is 4.81. The van der Waals surface area contributed by atoms with Gasteiger partial charge in [0, 0.05) is 29.8 Å². The number of nitrogens with zero attached hydrogens (tertiary/aromatic N) is 1. The lowest BCUT2D eigenvalue weighted by molar-refractivity contribution is -0.137. The average molecular weight is 307 g/mol. The monoisotopic (exact) mass is 306 g/mol. The first kappa shape index (κ1) is 15.4. The van der Waals surface area contributed by atoms with Gasteiger partial charge in [-0.15, -0.1) is 0 Å². The molecule has 0 saturated carbocycles. The third-order valence-electron chi connectivity index (χ3n) is 3.45. The van der Waals surface area contributed by atoms with Crippen molar-refractivity contribution in [3.63, 3.8) is 0 Å². The van der Waals surface area contributed by atoms with Crippen molar-refractivity contribution in [2.75, 3.05) is 24.5 Å². The lowest BCUT2D eigenvalue weighted by Crippen LogP contribution is -2.33. The van der Waals surface area contributed by atoms with Crippen LogP contribution >= 0.6 is 11.6 Å². The van der Waals surface area contributed by atoms with E-state index in [-0.39, 0.29) is 5.02 Å². The molecule has 2 rings (SSSR count). The first-order valence-corrected chi connectivity index (χ1v) is 7.14. The fourth-order valence-corrected chi connectivity index (χ4v) is 2.66. The van der Waals surface area contributed by atoms with Gasteiger partial charge in [-0.3, -0.25) is 0 Å². The molecule has 1 aliphatic heterocycles. The Hall–Kier alpha value is -0.940. The SMILES string of the molecule is CCCNC1CCN(c2cc(Cl)cc(C(F)(F)F)c2)C1. The van der Waals surface area contributed by atoms with Crippen molar-refractivity contribution < 1.29 is 13.2 Å². The van der Waals surface area contributed by atoms with E-state index in [4.69, 9.17) is 11.6 Å². The maximum absolute atomic E-state index is 12.8. The lowest BCUT2D eigenvalue weighted by atomic mass is 10.2. The van der Waals surface area contributed by atoms with E-state index < -0.39 is 11.7 Å². The molecule has 0 bridgehead atoms. The Bertz CT molecular complexity index is 462. The number of benzene rings is 1. The minimum atomic E-state index is -4.36. The Labute approximate surface area is 121 Å². The molecule has 6 heteroatoms. The molecule has 1 aromatic carbocycles. The highest BCUT2D eigenvalue weighted by Crippen LogP contribution is 2.35. The number of hydrogen-bond donors (Lipinski definition) is 1. The Morgan fingerprint density at radius 2 is 2.10 bits per heavy atom. The van der Waals surface area contributed by atoms with Crippen LogP contribution in [-0.2, 0) is 6.18 Å². The molecule has 0 spiro atoms. The van der Waals surface area contributed by atoms with Crippen LogP contribution in [0.2, 0.25) is 5.02 Å². The summed E-state index contributed by atoms with van der Waals surface area (Å²) in [5.41, 5.74) is -0.143. The number of nitrogens with one attached hydrogen (secondary N) is 1. The summed E-state index contributed by atoms with van der Waals surface area (Å²) >= 11 is 5.81. The van der Waals surface area contributed by atoms with Gasteiger partial charge in [-0.2, -0.15) is 13.2 Å². The third kappa shape index (κ3) is 3.79. The maximum Gasteiger partial charge on any atom is 0.416 e. The summed E-state index contributed by atoms with van der Waals surface area (Å²) < 4.78 is 38.4. The zero-order valence-electron chi connectivity index (χ0n) is 11.3. The topological polar surface area (TPSA) is 15.3 Å². The molecule has 20 heavy (non-hydrogen) atoms. The van der Waals surface area contributed by atoms with Crippen LogP contribution in [0.1, 0.15) is 25.3 Å². The lowest BCUT2D eigenvalue weighted by Gasteiger charge is -2.21. The van der Waals surface area contributed by atoms with Crippen LogP contribution in [0.15, 0.2) is 18.2 Å². The van der Waals surface area contributed by atoms with Crippen molar-refractivity contribution in [3.05, 3.63) is 28.8 Å². The number of anilines is 1. The van der Waals surface area contributed by atoms with Gasteiger partial charge in [0.2, 0.25) is 0 Å². The zero-order valence-corrected chi connectivity index (χ0v) is 12.1. The highest BCUT2D eigenvalue weighted by atomic mass is 35.5. The number of hydrogen-bond acceptors (Lipinski definition) is 2. The largest absolute Gasteiger partial charge is 0.416 e. The Morgan fingerprint density at radius 3 is 2.75 bits per heavy atom. The van der Waals surface area contributed by atoms with Crippen LogP contribution in [0, 0.1) is 0 Å². The minimum absolute atomic E-state index is 0.125. The summed E-state index contributed by atoms with van der Waals surface area (Å²) in [7, 11) is 0. The Balaban J connectivity index is 2.12. The van der Waals surface area contributed by atoms with Crippen LogP contribution in [-0.4, -0.2) is 25.7 Å². The molecule has 0 aromatic heterocycles. The molecule has 2 nitrogen and oxygen atoms in total. The highest BCUT2D eigenvalue weighted by molar-refractivity contribution is 6.30. The first-order valence-electron chi connectivity index (χ1n) is 6.76. The second-order valence-electron chi connectivity index (χ2n) is 5.08. The molecule has 1 aliphatic rings. The summed E-state index contributed by atoms with van der Waals surface area (Å²) in [4.78, 5) is 1.95. The first-order chi connectivity index (χ1) is 9.40. The van der Waals surface area contributed by atoms with Gasteiger partial charge >= 0.3 is 6.18 Å². The normalized spacial score (nSPS) is 19.6. The van der Waals surface area contributed by atoms with E-state index in [2.05, 4.69) is 12.2 Å². The van der Waals surface area contributed by atoms with E-state index in [9.17, 15) is 13.2 Å². The standard InChI is InChI=1S/C14H18ClF3N2/c1-2-4-19-12-3-5-20(9-12)13-7-10(14(16,17)18)6-11(15)8-13/h6-8,12,19H,2-5,9H2,1H3. The molecule has 0 aliphatic carbocycles. The predicted molar refractivity (Wildman–Crippen MR) is 75.4 cm³/mol. The molecule has 1 heterocycles. The summed E-state index contributed by atoms with van der Waals surface area (Å²) in [6.07, 6.45) is -2.38. The fraction of sp³-hybridized carbons (Fsp3) is 0.571. The third-order valence-corrected chi connectivity index (χ3v) is 3.66. The van der Waals surface area contributed by atoms with Gasteiger partial charge in [-0.05, 0) is 37.6 Å². The van der Waals surface area contributed by atoms with E-state index in [0.29, 0.717) is 11.7 Å². The predicted octanol–water partition coefficient (Wildman–Crippen LogP) is 3.94. The smallest absolute Gasteiger partial charge is 0.370 e. The Morgan fingerprint density at radius 1 is 1.35 bits per heavy atom. The summed E-state index contributed by atoms with van der Waals surface area (Å²) in [5.74, 6) is 0. The van der Waals surface area contributed by atoms with Crippen molar-refractivity contribution in [2.24, 2.45) is 0 Å². The average Bonchev–Trinajstić information content (AvgIpc) is 2.83. The van der Waals surface area contributed by atoms with E-state index in [1.54, 1.807) is 6.07 Å². The second-order valence-corrected chi connectivity index (χ2v) is 5.52. The maximum atomic E-state index is 12.8. The molecule has 0 radical (unpaired) electrons. The van der Waals surface area contributed by atoms with Crippen LogP contribution in [0.5, 0.6) is 0 Å². The van der Waals surface area contributed by atoms with Crippen molar-refractivity contribution in [2.45, 2.75) is 32.0 Å². The molecule has 1 atom stereocenters. The van der Waals surface area contributed by atoms with E-state index in [1.165, 1.54) is 6.07 Å². The van der Waals surface area contributed by atoms with Gasteiger partial charge in [0.05, 0.1) is 5.56 Å². The van der Waals surface area contributed by atoms with Crippen molar-refractivity contribution in [1.29, 1.82) is 0 Å². The van der Waals surface area contributed by atoms with Crippen LogP contribution in [0.4, 0.5) is 18.9 Å². The van der Waals surface area contributed by atoms with Crippen LogP contribution in [0.3, 0.4) is 0 Å². The summed E-state index contributed by atoms with van der Waals surface area (Å²) in [6, 6.07) is 4.07. The molecule has 1 unspecified atom stereocenters. The number of halogens is 4. The van der Waals surface area contributed by atoms with E-state index in [0.717, 1.165) is 38.5 Å². The van der Waals surface area contributed by atoms with Gasteiger partial charge in [0.1, 0.15) is 0 Å². The van der Waals surface area contributed by atoms with Crippen molar-refractivity contribution in [1.82, 2.24) is 5.32 Å². The number of alkyl halides is 3. The highest BCUT2D eigenvalue weighted by Gasteiger charge is 2.32. The van der Waals surface area contributed by atoms with E-state index in [1.807, 2.05) is 4.90 Å². The summed E-state index contributed by atoms with van der Waals surface area (Å²) in [5, 5.41) is 3.52. The van der Waals surface area contributed by atoms with E-state index >= 15 is 0 Å². The molecule has 1 N–H and O–H groups in total. The van der Waals surface area contributed by atoms with Gasteiger partial charge in [0.15, 0.2) is 0 Å². The number of rotatable bonds is 4. The van der Waals surface area contributed by atoms with Crippen LogP contribution in [0.25, 0.3) is 0 Å². The van der Waals surface area contributed by atoms with Gasteiger partial charge in [-0.1, -0.05) is 18.5 Å². The quantitative estimate of drug-likeness (QED) is 0.906. The minimum Gasteiger partial charge on any atom is -0.370 e. The molecular formula is C14H18ClF3N2. The van der Waals surface area contributed by atoms with Gasteiger partial charge < -0.3 is 10.2 Å². The fourth-order valence-electron chi connectivity index (χ4n) is 2.43. The van der Waals surface area contributed by atoms with Crippen molar-refractivity contribution in [3.8, 4) is 0 Å². The molecule has 1 aromatic rings. The van der Waals surface area contributed by atoms with Crippen molar-refractivity contribution >= 4 is 17.3 Å². The molecule has 1 saturated heterocycles. The van der Waals surface area contributed by atoms with Crippen LogP contribution < -0.4 is 10.2 Å². The van der Waals surface area contributed by atoms with Gasteiger partial charge in [-0.25, -0.2) is 0 Å². The molecule has 112 valence electrons. The molecule has 1 fully saturated rings.